The van der Waals surface area contributed by atoms with E-state index in [4.69, 9.17) is 11.0 Å². The van der Waals surface area contributed by atoms with Gasteiger partial charge in [0.2, 0.25) is 0 Å². The molecule has 0 aliphatic carbocycles. The van der Waals surface area contributed by atoms with Crippen LogP contribution < -0.4 is 10.6 Å². The SMILES string of the molecule is CCN(CCC#N)c1cccc(N)c1C. The number of hydrogen-bond acceptors (Lipinski definition) is 3. The predicted octanol–water partition coefficient (Wildman–Crippen LogP) is 2.32. The topological polar surface area (TPSA) is 53.0 Å². The van der Waals surface area contributed by atoms with Gasteiger partial charge < -0.3 is 10.6 Å². The first kappa shape index (κ1) is 11.4. The number of nitrogen functional groups attached to an aromatic ring is 1. The van der Waals surface area contributed by atoms with Gasteiger partial charge in [-0.15, -0.1) is 0 Å². The molecule has 2 N–H and O–H groups in total. The highest BCUT2D eigenvalue weighted by Gasteiger charge is 2.08. The van der Waals surface area contributed by atoms with E-state index in [1.54, 1.807) is 0 Å². The van der Waals surface area contributed by atoms with Gasteiger partial charge in [0.25, 0.3) is 0 Å². The Hall–Kier alpha value is -1.69. The number of nitrogens with zero attached hydrogens (tertiary/aromatic N) is 2. The molecule has 15 heavy (non-hydrogen) atoms. The van der Waals surface area contributed by atoms with Gasteiger partial charge in [-0.25, -0.2) is 0 Å². The Kier molecular flexibility index (Phi) is 3.99. The van der Waals surface area contributed by atoms with E-state index in [9.17, 15) is 0 Å². The highest BCUT2D eigenvalue weighted by atomic mass is 15.1. The normalized spacial score (nSPS) is 9.67. The van der Waals surface area contributed by atoms with Crippen LogP contribution in [-0.4, -0.2) is 13.1 Å². The Morgan fingerprint density at radius 2 is 2.20 bits per heavy atom. The average Bonchev–Trinajstić information content (AvgIpc) is 2.25. The first-order valence-corrected chi connectivity index (χ1v) is 5.17. The lowest BCUT2D eigenvalue weighted by atomic mass is 10.1. The van der Waals surface area contributed by atoms with Crippen LogP contribution in [0.2, 0.25) is 0 Å². The van der Waals surface area contributed by atoms with Gasteiger partial charge in [0, 0.05) is 24.5 Å². The summed E-state index contributed by atoms with van der Waals surface area (Å²) in [6, 6.07) is 8.06. The summed E-state index contributed by atoms with van der Waals surface area (Å²) in [7, 11) is 0. The third-order valence-corrected chi connectivity index (χ3v) is 2.56. The lowest BCUT2D eigenvalue weighted by Crippen LogP contribution is -2.24. The van der Waals surface area contributed by atoms with E-state index in [0.29, 0.717) is 6.42 Å². The molecule has 0 bridgehead atoms. The summed E-state index contributed by atoms with van der Waals surface area (Å²) in [5, 5.41) is 8.58. The number of anilines is 2. The maximum atomic E-state index is 8.58. The van der Waals surface area contributed by atoms with Crippen molar-refractivity contribution in [2.75, 3.05) is 23.7 Å². The quantitative estimate of drug-likeness (QED) is 0.764. The second-order valence-electron chi connectivity index (χ2n) is 3.48. The van der Waals surface area contributed by atoms with Gasteiger partial charge in [-0.2, -0.15) is 5.26 Å². The molecule has 1 rings (SSSR count). The maximum Gasteiger partial charge on any atom is 0.0640 e. The molecule has 1 aromatic rings. The van der Waals surface area contributed by atoms with Crippen LogP contribution in [0.5, 0.6) is 0 Å². The van der Waals surface area contributed by atoms with Gasteiger partial charge in [-0.1, -0.05) is 6.07 Å². The van der Waals surface area contributed by atoms with Crippen LogP contribution >= 0.6 is 0 Å². The van der Waals surface area contributed by atoms with Crippen molar-refractivity contribution in [2.45, 2.75) is 20.3 Å². The molecular weight excluding hydrogens is 186 g/mol. The van der Waals surface area contributed by atoms with Gasteiger partial charge in [0.15, 0.2) is 0 Å². The zero-order valence-electron chi connectivity index (χ0n) is 9.33. The summed E-state index contributed by atoms with van der Waals surface area (Å²) in [5.41, 5.74) is 8.89. The van der Waals surface area contributed by atoms with Crippen molar-refractivity contribution in [3.63, 3.8) is 0 Å². The molecule has 0 amide bonds. The third-order valence-electron chi connectivity index (χ3n) is 2.56. The molecule has 3 heteroatoms. The molecule has 0 saturated heterocycles. The third kappa shape index (κ3) is 2.63. The lowest BCUT2D eigenvalue weighted by molar-refractivity contribution is 0.824. The monoisotopic (exact) mass is 203 g/mol. The molecule has 0 aromatic heterocycles. The molecule has 0 heterocycles. The molecule has 3 nitrogen and oxygen atoms in total. The molecule has 0 aliphatic heterocycles. The number of benzene rings is 1. The lowest BCUT2D eigenvalue weighted by Gasteiger charge is -2.24. The van der Waals surface area contributed by atoms with Gasteiger partial charge in [0.1, 0.15) is 0 Å². The van der Waals surface area contributed by atoms with Crippen LogP contribution in [0.3, 0.4) is 0 Å². The first-order chi connectivity index (χ1) is 7.20. The Labute approximate surface area is 91.1 Å². The second-order valence-corrected chi connectivity index (χ2v) is 3.48. The minimum Gasteiger partial charge on any atom is -0.398 e. The number of rotatable bonds is 4. The highest BCUT2D eigenvalue weighted by Crippen LogP contribution is 2.24. The Bertz CT molecular complexity index is 366. The van der Waals surface area contributed by atoms with E-state index in [1.807, 2.05) is 25.1 Å². The van der Waals surface area contributed by atoms with Crippen LogP contribution in [0.25, 0.3) is 0 Å². The van der Waals surface area contributed by atoms with E-state index in [1.165, 1.54) is 0 Å². The summed E-state index contributed by atoms with van der Waals surface area (Å²) in [5.74, 6) is 0. The van der Waals surface area contributed by atoms with Gasteiger partial charge in [-0.3, -0.25) is 0 Å². The molecule has 0 atom stereocenters. The summed E-state index contributed by atoms with van der Waals surface area (Å²) >= 11 is 0. The van der Waals surface area contributed by atoms with Crippen molar-refractivity contribution in [3.8, 4) is 6.07 Å². The smallest absolute Gasteiger partial charge is 0.0640 e. The molecule has 0 aliphatic rings. The van der Waals surface area contributed by atoms with Crippen molar-refractivity contribution in [2.24, 2.45) is 0 Å². The Balaban J connectivity index is 2.92. The predicted molar refractivity (Wildman–Crippen MR) is 63.7 cm³/mol. The standard InChI is InChI=1S/C12H17N3/c1-3-15(9-5-8-13)12-7-4-6-11(14)10(12)2/h4,6-7H,3,5,9,14H2,1-2H3. The largest absolute Gasteiger partial charge is 0.398 e. The van der Waals surface area contributed by atoms with Crippen LogP contribution in [0.1, 0.15) is 18.9 Å². The number of nitrogens with two attached hydrogens (primary N) is 1. The van der Waals surface area contributed by atoms with Gasteiger partial charge in [-0.05, 0) is 31.5 Å². The highest BCUT2D eigenvalue weighted by molar-refractivity contribution is 5.64. The fraction of sp³-hybridized carbons (Fsp3) is 0.417. The number of nitriles is 1. The fourth-order valence-corrected chi connectivity index (χ4v) is 1.62. The molecule has 0 saturated carbocycles. The molecule has 0 radical (unpaired) electrons. The summed E-state index contributed by atoms with van der Waals surface area (Å²) in [6.45, 7) is 5.75. The summed E-state index contributed by atoms with van der Waals surface area (Å²) in [4.78, 5) is 2.18. The van der Waals surface area contributed by atoms with Crippen LogP contribution in [0.15, 0.2) is 18.2 Å². The summed E-state index contributed by atoms with van der Waals surface area (Å²) < 4.78 is 0. The van der Waals surface area contributed by atoms with E-state index in [0.717, 1.165) is 30.0 Å². The Morgan fingerprint density at radius 1 is 1.47 bits per heavy atom. The van der Waals surface area contributed by atoms with Crippen molar-refractivity contribution in [1.82, 2.24) is 0 Å². The van der Waals surface area contributed by atoms with Crippen LogP contribution in [-0.2, 0) is 0 Å². The van der Waals surface area contributed by atoms with Gasteiger partial charge in [0.05, 0.1) is 12.5 Å². The van der Waals surface area contributed by atoms with Crippen molar-refractivity contribution < 1.29 is 0 Å². The molecule has 0 fully saturated rings. The molecule has 0 spiro atoms. The second kappa shape index (κ2) is 5.26. The van der Waals surface area contributed by atoms with Crippen molar-refractivity contribution in [1.29, 1.82) is 5.26 Å². The van der Waals surface area contributed by atoms with Crippen molar-refractivity contribution >= 4 is 11.4 Å². The van der Waals surface area contributed by atoms with Crippen LogP contribution in [0, 0.1) is 18.3 Å². The first-order valence-electron chi connectivity index (χ1n) is 5.17. The van der Waals surface area contributed by atoms with Gasteiger partial charge >= 0.3 is 0 Å². The molecule has 1 aromatic carbocycles. The van der Waals surface area contributed by atoms with Crippen LogP contribution in [0.4, 0.5) is 11.4 Å². The molecule has 80 valence electrons. The zero-order chi connectivity index (χ0) is 11.3. The van der Waals surface area contributed by atoms with E-state index in [2.05, 4.69) is 17.9 Å². The average molecular weight is 203 g/mol. The molecular formula is C12H17N3. The van der Waals surface area contributed by atoms with E-state index in [-0.39, 0.29) is 0 Å². The Morgan fingerprint density at radius 3 is 2.80 bits per heavy atom. The number of hydrogen-bond donors (Lipinski definition) is 1. The summed E-state index contributed by atoms with van der Waals surface area (Å²) in [6.07, 6.45) is 0.544. The zero-order valence-corrected chi connectivity index (χ0v) is 9.33. The van der Waals surface area contributed by atoms with E-state index >= 15 is 0 Å². The van der Waals surface area contributed by atoms with Crippen molar-refractivity contribution in [3.05, 3.63) is 23.8 Å². The minimum atomic E-state index is 0.544. The fourth-order valence-electron chi connectivity index (χ4n) is 1.62. The van der Waals surface area contributed by atoms with E-state index < -0.39 is 0 Å². The minimum absolute atomic E-state index is 0.544. The molecule has 0 unspecified atom stereocenters. The maximum absolute atomic E-state index is 8.58.